The van der Waals surface area contributed by atoms with Gasteiger partial charge in [0.15, 0.2) is 0 Å². The topological polar surface area (TPSA) is 12.5 Å². The Morgan fingerprint density at radius 1 is 0.950 bits per heavy atom. The van der Waals surface area contributed by atoms with Crippen molar-refractivity contribution in [3.8, 4) is 5.75 Å². The lowest BCUT2D eigenvalue weighted by Crippen LogP contribution is -2.20. The number of methoxy groups -OCH3 is 1. The predicted molar refractivity (Wildman–Crippen MR) is 84.2 cm³/mol. The van der Waals surface area contributed by atoms with Crippen molar-refractivity contribution in [3.63, 3.8) is 0 Å². The fraction of sp³-hybridized carbons (Fsp3) is 0.333. The average Bonchev–Trinajstić information content (AvgIpc) is 2.48. The van der Waals surface area contributed by atoms with Crippen LogP contribution in [0.4, 0.5) is 0 Å². The van der Waals surface area contributed by atoms with Gasteiger partial charge in [0.05, 0.1) is 7.11 Å². The molecule has 0 aliphatic heterocycles. The first-order valence-electron chi connectivity index (χ1n) is 7.05. The van der Waals surface area contributed by atoms with Crippen molar-refractivity contribution in [1.82, 2.24) is 4.90 Å². The summed E-state index contributed by atoms with van der Waals surface area (Å²) in [5, 5.41) is 0. The number of hydrogen-bond donors (Lipinski definition) is 0. The van der Waals surface area contributed by atoms with E-state index in [0.29, 0.717) is 6.04 Å². The summed E-state index contributed by atoms with van der Waals surface area (Å²) in [5.74, 6) is 0.984. The van der Waals surface area contributed by atoms with E-state index >= 15 is 0 Å². The second-order valence-corrected chi connectivity index (χ2v) is 5.24. The van der Waals surface area contributed by atoms with Crippen LogP contribution in [0.15, 0.2) is 54.6 Å². The average molecular weight is 269 g/mol. The van der Waals surface area contributed by atoms with Crippen molar-refractivity contribution >= 4 is 0 Å². The molecule has 0 N–H and O–H groups in total. The molecular weight excluding hydrogens is 246 g/mol. The molecule has 0 radical (unpaired) electrons. The van der Waals surface area contributed by atoms with Crippen LogP contribution in [-0.4, -0.2) is 26.1 Å². The minimum Gasteiger partial charge on any atom is -0.496 e. The molecule has 2 aromatic carbocycles. The SMILES string of the molecule is COc1ccccc1CC[C@@H](c1ccccc1)N(C)C. The van der Waals surface area contributed by atoms with Crippen molar-refractivity contribution in [2.75, 3.05) is 21.2 Å². The van der Waals surface area contributed by atoms with E-state index in [2.05, 4.69) is 61.5 Å². The fourth-order valence-electron chi connectivity index (χ4n) is 2.60. The van der Waals surface area contributed by atoms with Gasteiger partial charge in [-0.2, -0.15) is 0 Å². The maximum absolute atomic E-state index is 5.43. The first kappa shape index (κ1) is 14.6. The smallest absolute Gasteiger partial charge is 0.122 e. The van der Waals surface area contributed by atoms with Crippen LogP contribution < -0.4 is 4.74 Å². The van der Waals surface area contributed by atoms with E-state index in [0.717, 1.165) is 18.6 Å². The quantitative estimate of drug-likeness (QED) is 0.788. The third-order valence-corrected chi connectivity index (χ3v) is 3.69. The molecule has 0 unspecified atom stereocenters. The first-order valence-corrected chi connectivity index (χ1v) is 7.05. The molecule has 0 aliphatic rings. The highest BCUT2D eigenvalue weighted by Gasteiger charge is 2.14. The molecule has 0 bridgehead atoms. The molecular formula is C18H23NO. The third kappa shape index (κ3) is 3.61. The monoisotopic (exact) mass is 269 g/mol. The maximum Gasteiger partial charge on any atom is 0.122 e. The van der Waals surface area contributed by atoms with Gasteiger partial charge in [0.25, 0.3) is 0 Å². The molecule has 20 heavy (non-hydrogen) atoms. The van der Waals surface area contributed by atoms with Crippen molar-refractivity contribution in [3.05, 3.63) is 65.7 Å². The van der Waals surface area contributed by atoms with Gasteiger partial charge in [-0.3, -0.25) is 0 Å². The molecule has 0 fully saturated rings. The van der Waals surface area contributed by atoms with Gasteiger partial charge < -0.3 is 9.64 Å². The highest BCUT2D eigenvalue weighted by molar-refractivity contribution is 5.33. The molecule has 1 atom stereocenters. The first-order chi connectivity index (χ1) is 9.72. The summed E-state index contributed by atoms with van der Waals surface area (Å²) >= 11 is 0. The molecule has 2 aromatic rings. The molecule has 2 heteroatoms. The van der Waals surface area contributed by atoms with Crippen LogP contribution in [0, 0.1) is 0 Å². The Morgan fingerprint density at radius 2 is 1.60 bits per heavy atom. The second-order valence-electron chi connectivity index (χ2n) is 5.24. The number of ether oxygens (including phenoxy) is 1. The summed E-state index contributed by atoms with van der Waals surface area (Å²) < 4.78 is 5.43. The van der Waals surface area contributed by atoms with E-state index in [9.17, 15) is 0 Å². The molecule has 0 aromatic heterocycles. The summed E-state index contributed by atoms with van der Waals surface area (Å²) in [4.78, 5) is 2.28. The Morgan fingerprint density at radius 3 is 2.25 bits per heavy atom. The summed E-state index contributed by atoms with van der Waals surface area (Å²) in [6, 6.07) is 19.4. The molecule has 106 valence electrons. The number of para-hydroxylation sites is 1. The van der Waals surface area contributed by atoms with Gasteiger partial charge in [-0.15, -0.1) is 0 Å². The van der Waals surface area contributed by atoms with E-state index in [1.807, 2.05) is 12.1 Å². The highest BCUT2D eigenvalue weighted by Crippen LogP contribution is 2.26. The Bertz CT molecular complexity index is 522. The van der Waals surface area contributed by atoms with Crippen LogP contribution in [0.1, 0.15) is 23.6 Å². The minimum atomic E-state index is 0.432. The molecule has 2 nitrogen and oxygen atoms in total. The Kier molecular flexibility index (Phi) is 5.19. The van der Waals surface area contributed by atoms with Crippen molar-refractivity contribution in [1.29, 1.82) is 0 Å². The summed E-state index contributed by atoms with van der Waals surface area (Å²) in [7, 11) is 6.01. The summed E-state index contributed by atoms with van der Waals surface area (Å²) in [6.07, 6.45) is 2.10. The Balaban J connectivity index is 2.10. The lowest BCUT2D eigenvalue weighted by Gasteiger charge is -2.25. The second kappa shape index (κ2) is 7.11. The van der Waals surface area contributed by atoms with Gasteiger partial charge in [0.1, 0.15) is 5.75 Å². The predicted octanol–water partition coefficient (Wildman–Crippen LogP) is 3.93. The molecule has 0 aliphatic carbocycles. The van der Waals surface area contributed by atoms with Gasteiger partial charge in [-0.25, -0.2) is 0 Å². The zero-order chi connectivity index (χ0) is 14.4. The van der Waals surface area contributed by atoms with Crippen LogP contribution >= 0.6 is 0 Å². The number of rotatable bonds is 6. The molecule has 0 spiro atoms. The van der Waals surface area contributed by atoms with E-state index in [4.69, 9.17) is 4.74 Å². The van der Waals surface area contributed by atoms with Gasteiger partial charge in [0.2, 0.25) is 0 Å². The van der Waals surface area contributed by atoms with Crippen LogP contribution in [0.3, 0.4) is 0 Å². The fourth-order valence-corrected chi connectivity index (χ4v) is 2.60. The number of nitrogens with zero attached hydrogens (tertiary/aromatic N) is 1. The molecule has 0 amide bonds. The van der Waals surface area contributed by atoms with Gasteiger partial charge in [-0.1, -0.05) is 48.5 Å². The summed E-state index contributed by atoms with van der Waals surface area (Å²) in [6.45, 7) is 0. The van der Waals surface area contributed by atoms with Crippen LogP contribution in [0.25, 0.3) is 0 Å². The minimum absolute atomic E-state index is 0.432. The number of aryl methyl sites for hydroxylation is 1. The summed E-state index contributed by atoms with van der Waals surface area (Å²) in [5.41, 5.74) is 2.64. The Hall–Kier alpha value is -1.80. The van der Waals surface area contributed by atoms with Gasteiger partial charge >= 0.3 is 0 Å². The van der Waals surface area contributed by atoms with Crippen molar-refractivity contribution in [2.45, 2.75) is 18.9 Å². The normalized spacial score (nSPS) is 12.4. The third-order valence-electron chi connectivity index (χ3n) is 3.69. The van der Waals surface area contributed by atoms with Gasteiger partial charge in [0, 0.05) is 6.04 Å². The van der Waals surface area contributed by atoms with Crippen LogP contribution in [-0.2, 0) is 6.42 Å². The van der Waals surface area contributed by atoms with Crippen molar-refractivity contribution in [2.24, 2.45) is 0 Å². The Labute approximate surface area is 122 Å². The number of hydrogen-bond acceptors (Lipinski definition) is 2. The lowest BCUT2D eigenvalue weighted by atomic mass is 9.98. The zero-order valence-corrected chi connectivity index (χ0v) is 12.5. The number of benzene rings is 2. The molecule has 2 rings (SSSR count). The van der Waals surface area contributed by atoms with E-state index in [1.165, 1.54) is 11.1 Å². The molecule has 0 heterocycles. The van der Waals surface area contributed by atoms with Crippen LogP contribution in [0.5, 0.6) is 5.75 Å². The van der Waals surface area contributed by atoms with Crippen LogP contribution in [0.2, 0.25) is 0 Å². The van der Waals surface area contributed by atoms with E-state index in [-0.39, 0.29) is 0 Å². The standard InChI is InChI=1S/C18H23NO/c1-19(2)17(15-9-5-4-6-10-15)14-13-16-11-7-8-12-18(16)20-3/h4-12,17H,13-14H2,1-3H3/t17-/m0/s1. The molecule has 0 saturated carbocycles. The highest BCUT2D eigenvalue weighted by atomic mass is 16.5. The molecule has 0 saturated heterocycles. The largest absolute Gasteiger partial charge is 0.496 e. The van der Waals surface area contributed by atoms with Crippen molar-refractivity contribution < 1.29 is 4.74 Å². The zero-order valence-electron chi connectivity index (χ0n) is 12.5. The van der Waals surface area contributed by atoms with Gasteiger partial charge in [-0.05, 0) is 44.1 Å². The van der Waals surface area contributed by atoms with E-state index in [1.54, 1.807) is 7.11 Å². The maximum atomic E-state index is 5.43. The lowest BCUT2D eigenvalue weighted by molar-refractivity contribution is 0.283. The van der Waals surface area contributed by atoms with E-state index < -0.39 is 0 Å².